The smallest absolute Gasteiger partial charge is 0.0463 e. The van der Waals surface area contributed by atoms with Crippen molar-refractivity contribution in [1.29, 1.82) is 0 Å². The maximum atomic E-state index is 3.98. The van der Waals surface area contributed by atoms with Crippen LogP contribution in [0.2, 0.25) is 0 Å². The van der Waals surface area contributed by atoms with E-state index in [-0.39, 0.29) is 0 Å². The molecule has 2 aliphatic carbocycles. The van der Waals surface area contributed by atoms with Gasteiger partial charge in [-0.15, -0.1) is 0 Å². The molecule has 1 heterocycles. The summed E-state index contributed by atoms with van der Waals surface area (Å²) in [5, 5.41) is 3.98. The quantitative estimate of drug-likeness (QED) is 0.837. The van der Waals surface area contributed by atoms with Gasteiger partial charge in [0.15, 0.2) is 0 Å². The number of hydrogen-bond acceptors (Lipinski definition) is 1. The normalized spacial score (nSPS) is 31.6. The van der Waals surface area contributed by atoms with Gasteiger partial charge in [-0.05, 0) is 68.0 Å². The highest BCUT2D eigenvalue weighted by Crippen LogP contribution is 2.50. The Morgan fingerprint density at radius 3 is 2.60 bits per heavy atom. The molecule has 0 amide bonds. The minimum Gasteiger partial charge on any atom is -0.307 e. The van der Waals surface area contributed by atoms with Crippen molar-refractivity contribution in [3.05, 3.63) is 35.4 Å². The molecule has 3 fully saturated rings. The highest BCUT2D eigenvalue weighted by Gasteiger charge is 2.46. The lowest BCUT2D eigenvalue weighted by Gasteiger charge is -2.36. The molecule has 4 rings (SSSR count). The molecule has 1 N–H and O–H groups in total. The van der Waals surface area contributed by atoms with Crippen LogP contribution in [0.15, 0.2) is 24.3 Å². The molecule has 3 aliphatic rings. The fourth-order valence-electron chi connectivity index (χ4n) is 4.32. The topological polar surface area (TPSA) is 12.0 Å². The second-order valence-electron chi connectivity index (χ2n) is 7.24. The van der Waals surface area contributed by atoms with Crippen molar-refractivity contribution in [2.24, 2.45) is 5.92 Å². The Labute approximate surface area is 123 Å². The second kappa shape index (κ2) is 5.18. The second-order valence-corrected chi connectivity index (χ2v) is 7.24. The van der Waals surface area contributed by atoms with Gasteiger partial charge in [-0.3, -0.25) is 0 Å². The van der Waals surface area contributed by atoms with Crippen LogP contribution in [0.25, 0.3) is 0 Å². The first-order valence-electron chi connectivity index (χ1n) is 8.74. The molecule has 108 valence electrons. The van der Waals surface area contributed by atoms with Crippen LogP contribution in [0.3, 0.4) is 0 Å². The third kappa shape index (κ3) is 2.20. The van der Waals surface area contributed by atoms with Crippen molar-refractivity contribution < 1.29 is 0 Å². The van der Waals surface area contributed by atoms with Gasteiger partial charge >= 0.3 is 0 Å². The maximum absolute atomic E-state index is 3.98. The fraction of sp³-hybridized carbons (Fsp3) is 0.684. The van der Waals surface area contributed by atoms with Gasteiger partial charge in [0.25, 0.3) is 0 Å². The highest BCUT2D eigenvalue weighted by atomic mass is 15.0. The summed E-state index contributed by atoms with van der Waals surface area (Å²) in [5.74, 6) is 1.76. The van der Waals surface area contributed by atoms with Crippen LogP contribution in [0.4, 0.5) is 0 Å². The summed E-state index contributed by atoms with van der Waals surface area (Å²) in [4.78, 5) is 0. The van der Waals surface area contributed by atoms with E-state index in [1.807, 2.05) is 0 Å². The van der Waals surface area contributed by atoms with Gasteiger partial charge in [0.2, 0.25) is 0 Å². The van der Waals surface area contributed by atoms with E-state index >= 15 is 0 Å². The summed E-state index contributed by atoms with van der Waals surface area (Å²) in [5.41, 5.74) is 3.53. The molecule has 1 aliphatic heterocycles. The average molecular weight is 269 g/mol. The molecule has 2 saturated carbocycles. The molecular formula is C19H27N. The summed E-state index contributed by atoms with van der Waals surface area (Å²) >= 11 is 0. The van der Waals surface area contributed by atoms with Crippen molar-refractivity contribution in [3.8, 4) is 0 Å². The molecule has 1 unspecified atom stereocenters. The van der Waals surface area contributed by atoms with Gasteiger partial charge in [0.05, 0.1) is 0 Å². The van der Waals surface area contributed by atoms with Crippen LogP contribution in [0, 0.1) is 5.92 Å². The van der Waals surface area contributed by atoms with Crippen LogP contribution in [-0.2, 0) is 5.54 Å². The van der Waals surface area contributed by atoms with Crippen molar-refractivity contribution in [2.45, 2.75) is 69.2 Å². The van der Waals surface area contributed by atoms with Crippen LogP contribution in [0.5, 0.6) is 0 Å². The van der Waals surface area contributed by atoms with Crippen molar-refractivity contribution in [1.82, 2.24) is 5.32 Å². The number of rotatable bonds is 3. The predicted octanol–water partition coefficient (Wildman–Crippen LogP) is 4.72. The van der Waals surface area contributed by atoms with Gasteiger partial charge in [0.1, 0.15) is 0 Å². The first kappa shape index (κ1) is 12.9. The molecular weight excluding hydrogens is 242 g/mol. The van der Waals surface area contributed by atoms with E-state index in [0.717, 1.165) is 11.8 Å². The van der Waals surface area contributed by atoms with Crippen molar-refractivity contribution in [3.63, 3.8) is 0 Å². The molecule has 1 heteroatoms. The molecule has 1 aromatic carbocycles. The predicted molar refractivity (Wildman–Crippen MR) is 83.9 cm³/mol. The number of nitrogens with one attached hydrogen (secondary N) is 1. The van der Waals surface area contributed by atoms with Gasteiger partial charge in [0, 0.05) is 5.54 Å². The van der Waals surface area contributed by atoms with E-state index in [1.165, 1.54) is 64.3 Å². The largest absolute Gasteiger partial charge is 0.307 e. The highest BCUT2D eigenvalue weighted by molar-refractivity contribution is 5.34. The number of hydrogen-bond donors (Lipinski definition) is 1. The first-order chi connectivity index (χ1) is 9.88. The lowest BCUT2D eigenvalue weighted by atomic mass is 9.76. The van der Waals surface area contributed by atoms with E-state index in [2.05, 4.69) is 29.6 Å². The molecule has 0 bridgehead atoms. The fourth-order valence-corrected chi connectivity index (χ4v) is 4.32. The Morgan fingerprint density at radius 2 is 1.85 bits per heavy atom. The average Bonchev–Trinajstić information content (AvgIpc) is 3.24. The summed E-state index contributed by atoms with van der Waals surface area (Å²) < 4.78 is 0. The maximum Gasteiger partial charge on any atom is 0.0463 e. The lowest BCUT2D eigenvalue weighted by Crippen LogP contribution is -2.44. The lowest BCUT2D eigenvalue weighted by molar-refractivity contribution is 0.278. The molecule has 1 atom stereocenters. The van der Waals surface area contributed by atoms with Crippen LogP contribution in [0.1, 0.15) is 74.8 Å². The van der Waals surface area contributed by atoms with Crippen LogP contribution < -0.4 is 5.32 Å². The summed E-state index contributed by atoms with van der Waals surface area (Å²) in [7, 11) is 0. The van der Waals surface area contributed by atoms with Crippen molar-refractivity contribution in [2.75, 3.05) is 6.54 Å². The SMILES string of the molecule is c1cc(C2CCC2)cc(C2(C3CC3)CCCCCN2)c1. The van der Waals surface area contributed by atoms with Gasteiger partial charge in [-0.25, -0.2) is 0 Å². The first-order valence-corrected chi connectivity index (χ1v) is 8.74. The monoisotopic (exact) mass is 269 g/mol. The Balaban J connectivity index is 1.68. The zero-order valence-corrected chi connectivity index (χ0v) is 12.5. The molecule has 20 heavy (non-hydrogen) atoms. The zero-order valence-electron chi connectivity index (χ0n) is 12.5. The van der Waals surface area contributed by atoms with Gasteiger partial charge < -0.3 is 5.32 Å². The third-order valence-corrected chi connectivity index (χ3v) is 5.94. The Hall–Kier alpha value is -0.820. The van der Waals surface area contributed by atoms with E-state index in [0.29, 0.717) is 5.54 Å². The number of benzene rings is 1. The van der Waals surface area contributed by atoms with Gasteiger partial charge in [-0.2, -0.15) is 0 Å². The van der Waals surface area contributed by atoms with Crippen molar-refractivity contribution >= 4 is 0 Å². The summed E-state index contributed by atoms with van der Waals surface area (Å²) in [6, 6.07) is 9.64. The summed E-state index contributed by atoms with van der Waals surface area (Å²) in [6.45, 7) is 1.21. The van der Waals surface area contributed by atoms with E-state index in [9.17, 15) is 0 Å². The van der Waals surface area contributed by atoms with Gasteiger partial charge in [-0.1, -0.05) is 43.5 Å². The van der Waals surface area contributed by atoms with Crippen LogP contribution in [-0.4, -0.2) is 6.54 Å². The molecule has 1 aromatic rings. The Morgan fingerprint density at radius 1 is 0.950 bits per heavy atom. The molecule has 0 spiro atoms. The van der Waals surface area contributed by atoms with Crippen LogP contribution >= 0.6 is 0 Å². The molecule has 1 nitrogen and oxygen atoms in total. The minimum atomic E-state index is 0.316. The van der Waals surface area contributed by atoms with E-state index in [1.54, 1.807) is 11.1 Å². The Bertz CT molecular complexity index is 462. The molecule has 1 saturated heterocycles. The summed E-state index contributed by atoms with van der Waals surface area (Å²) in [6.07, 6.45) is 12.6. The zero-order chi connectivity index (χ0) is 13.4. The Kier molecular flexibility index (Phi) is 3.34. The van der Waals surface area contributed by atoms with E-state index in [4.69, 9.17) is 0 Å². The molecule has 0 radical (unpaired) electrons. The standard InChI is InChI=1S/C19H27N/c1-2-12-19(17-10-11-17,20-13-3-1)18-9-5-8-16(14-18)15-6-4-7-15/h5,8-9,14-15,17,20H,1-4,6-7,10-13H2. The molecule has 0 aromatic heterocycles. The third-order valence-electron chi connectivity index (χ3n) is 5.94. The minimum absolute atomic E-state index is 0.316. The van der Waals surface area contributed by atoms with E-state index < -0.39 is 0 Å².